The van der Waals surface area contributed by atoms with Crippen molar-refractivity contribution >= 4 is 33.9 Å². The molecule has 0 saturated heterocycles. The van der Waals surface area contributed by atoms with Crippen LogP contribution in [0.5, 0.6) is 5.75 Å². The molecule has 0 saturated carbocycles. The summed E-state index contributed by atoms with van der Waals surface area (Å²) in [7, 11) is 0. The van der Waals surface area contributed by atoms with Gasteiger partial charge in [-0.15, -0.1) is 0 Å². The number of esters is 1. The topological polar surface area (TPSA) is 112 Å². The van der Waals surface area contributed by atoms with Crippen molar-refractivity contribution in [2.75, 3.05) is 5.32 Å². The van der Waals surface area contributed by atoms with E-state index in [9.17, 15) is 14.4 Å². The highest BCUT2D eigenvalue weighted by molar-refractivity contribution is 7.16. The molecule has 2 aromatic carbocycles. The first-order valence-electron chi connectivity index (χ1n) is 11.1. The van der Waals surface area contributed by atoms with Crippen LogP contribution in [0.3, 0.4) is 0 Å². The van der Waals surface area contributed by atoms with E-state index < -0.39 is 18.0 Å². The van der Waals surface area contributed by atoms with E-state index in [0.717, 1.165) is 17.8 Å². The van der Waals surface area contributed by atoms with E-state index in [2.05, 4.69) is 15.4 Å². The number of amides is 1. The minimum atomic E-state index is -0.789. The van der Waals surface area contributed by atoms with Crippen molar-refractivity contribution in [1.82, 2.24) is 14.6 Å². The van der Waals surface area contributed by atoms with E-state index in [-0.39, 0.29) is 17.7 Å². The number of carbonyl (C=O) groups excluding carboxylic acids is 2. The Morgan fingerprint density at radius 3 is 2.63 bits per heavy atom. The van der Waals surface area contributed by atoms with Gasteiger partial charge in [0.15, 0.2) is 6.10 Å². The van der Waals surface area contributed by atoms with E-state index >= 15 is 0 Å². The fourth-order valence-electron chi connectivity index (χ4n) is 3.26. The number of fused-ring (bicyclic) bond motifs is 1. The Morgan fingerprint density at radius 1 is 1.11 bits per heavy atom. The zero-order valence-electron chi connectivity index (χ0n) is 19.3. The summed E-state index contributed by atoms with van der Waals surface area (Å²) in [5, 5.41) is 7.81. The highest BCUT2D eigenvalue weighted by Gasteiger charge is 2.19. The fourth-order valence-corrected chi connectivity index (χ4v) is 4.28. The standard InChI is InChI=1S/C25H24N4O5S/c1-3-9-21-28-29-22(30)14-17(26-25(29)35-21)15-33-24(32)19-12-7-8-13-20(19)27-23(31)16(2)34-18-10-5-4-6-11-18/h4-8,10-14,16H,3,9,15H2,1-2H3,(H,27,31)/t16-/m1/s1. The molecule has 2 heterocycles. The van der Waals surface area contributed by atoms with Gasteiger partial charge in [0, 0.05) is 12.5 Å². The number of hydrogen-bond acceptors (Lipinski definition) is 8. The zero-order valence-corrected chi connectivity index (χ0v) is 20.1. The van der Waals surface area contributed by atoms with Gasteiger partial charge in [0.1, 0.15) is 17.4 Å². The number of rotatable bonds is 9. The first kappa shape index (κ1) is 24.1. The second-order valence-corrected chi connectivity index (χ2v) is 8.75. The quantitative estimate of drug-likeness (QED) is 0.353. The number of para-hydroxylation sites is 2. The van der Waals surface area contributed by atoms with Gasteiger partial charge >= 0.3 is 5.97 Å². The third kappa shape index (κ3) is 5.90. The Hall–Kier alpha value is -4.05. The number of nitrogens with one attached hydrogen (secondary N) is 1. The van der Waals surface area contributed by atoms with Crippen molar-refractivity contribution in [2.24, 2.45) is 0 Å². The van der Waals surface area contributed by atoms with Gasteiger partial charge in [0.2, 0.25) is 4.96 Å². The number of hydrogen-bond donors (Lipinski definition) is 1. The van der Waals surface area contributed by atoms with E-state index in [1.165, 1.54) is 21.9 Å². The summed E-state index contributed by atoms with van der Waals surface area (Å²) >= 11 is 1.33. The summed E-state index contributed by atoms with van der Waals surface area (Å²) < 4.78 is 12.3. The molecule has 2 aromatic heterocycles. The minimum Gasteiger partial charge on any atom is -0.481 e. The van der Waals surface area contributed by atoms with Crippen LogP contribution in [-0.4, -0.2) is 32.6 Å². The number of benzene rings is 2. The molecule has 0 aliphatic rings. The molecule has 1 N–H and O–H groups in total. The highest BCUT2D eigenvalue weighted by atomic mass is 32.1. The predicted octanol–water partition coefficient (Wildman–Crippen LogP) is 3.87. The number of nitrogens with zero attached hydrogens (tertiary/aromatic N) is 3. The van der Waals surface area contributed by atoms with Crippen molar-refractivity contribution in [2.45, 2.75) is 39.4 Å². The Morgan fingerprint density at radius 2 is 1.86 bits per heavy atom. The van der Waals surface area contributed by atoms with Crippen molar-refractivity contribution in [3.05, 3.63) is 87.3 Å². The summed E-state index contributed by atoms with van der Waals surface area (Å²) in [5.41, 5.74) is 0.455. The molecule has 0 aliphatic carbocycles. The molecule has 180 valence electrons. The lowest BCUT2D eigenvalue weighted by molar-refractivity contribution is -0.122. The van der Waals surface area contributed by atoms with Crippen LogP contribution >= 0.6 is 11.3 Å². The van der Waals surface area contributed by atoms with Gasteiger partial charge in [-0.3, -0.25) is 9.59 Å². The summed E-state index contributed by atoms with van der Waals surface area (Å²) in [6.07, 6.45) is 0.879. The molecule has 0 unspecified atom stereocenters. The summed E-state index contributed by atoms with van der Waals surface area (Å²) in [6, 6.07) is 16.8. The van der Waals surface area contributed by atoms with Crippen LogP contribution in [0.2, 0.25) is 0 Å². The number of anilines is 1. The number of carbonyl (C=O) groups is 2. The second kappa shape index (κ2) is 10.9. The van der Waals surface area contributed by atoms with Crippen LogP contribution in [0.4, 0.5) is 5.69 Å². The molecule has 4 rings (SSSR count). The normalized spacial score (nSPS) is 11.7. The summed E-state index contributed by atoms with van der Waals surface area (Å²) in [5.74, 6) is -0.510. The lowest BCUT2D eigenvalue weighted by atomic mass is 10.1. The first-order valence-corrected chi connectivity index (χ1v) is 11.9. The third-order valence-corrected chi connectivity index (χ3v) is 5.95. The number of aryl methyl sites for hydroxylation is 1. The SMILES string of the molecule is CCCc1nn2c(=O)cc(COC(=O)c3ccccc3NC(=O)[C@@H](C)Oc3ccccc3)nc2s1. The van der Waals surface area contributed by atoms with Crippen molar-refractivity contribution in [1.29, 1.82) is 0 Å². The lowest BCUT2D eigenvalue weighted by Gasteiger charge is -2.16. The first-order chi connectivity index (χ1) is 16.9. The number of ether oxygens (including phenoxy) is 2. The Bertz CT molecular complexity index is 1400. The number of aromatic nitrogens is 3. The van der Waals surface area contributed by atoms with Crippen LogP contribution in [0.15, 0.2) is 65.5 Å². The van der Waals surface area contributed by atoms with Gasteiger partial charge < -0.3 is 14.8 Å². The molecule has 10 heteroatoms. The van der Waals surface area contributed by atoms with Gasteiger partial charge in [-0.25, -0.2) is 9.78 Å². The Labute approximate surface area is 205 Å². The monoisotopic (exact) mass is 492 g/mol. The van der Waals surface area contributed by atoms with Gasteiger partial charge in [0.25, 0.3) is 11.5 Å². The average molecular weight is 493 g/mol. The van der Waals surface area contributed by atoms with Crippen LogP contribution in [0.1, 0.15) is 41.3 Å². The van der Waals surface area contributed by atoms with Gasteiger partial charge in [0.05, 0.1) is 16.9 Å². The zero-order chi connectivity index (χ0) is 24.8. The Balaban J connectivity index is 1.43. The second-order valence-electron chi connectivity index (χ2n) is 7.71. The van der Waals surface area contributed by atoms with Gasteiger partial charge in [-0.1, -0.05) is 48.6 Å². The molecule has 0 radical (unpaired) electrons. The summed E-state index contributed by atoms with van der Waals surface area (Å²) in [6.45, 7) is 3.46. The van der Waals surface area contributed by atoms with Gasteiger partial charge in [-0.2, -0.15) is 9.61 Å². The maximum Gasteiger partial charge on any atom is 0.340 e. The molecule has 35 heavy (non-hydrogen) atoms. The van der Waals surface area contributed by atoms with E-state index in [4.69, 9.17) is 9.47 Å². The molecule has 4 aromatic rings. The lowest BCUT2D eigenvalue weighted by Crippen LogP contribution is -2.30. The molecule has 1 atom stereocenters. The largest absolute Gasteiger partial charge is 0.481 e. The van der Waals surface area contributed by atoms with E-state index in [1.807, 2.05) is 25.1 Å². The third-order valence-electron chi connectivity index (χ3n) is 4.99. The van der Waals surface area contributed by atoms with Crippen LogP contribution in [0.25, 0.3) is 4.96 Å². The molecule has 0 bridgehead atoms. The molecule has 0 spiro atoms. The predicted molar refractivity (Wildman–Crippen MR) is 132 cm³/mol. The molecule has 1 amide bonds. The molecular formula is C25H24N4O5S. The molecule has 0 fully saturated rings. The van der Waals surface area contributed by atoms with Gasteiger partial charge in [-0.05, 0) is 37.6 Å². The fraction of sp³-hybridized carbons (Fsp3) is 0.240. The molecule has 9 nitrogen and oxygen atoms in total. The van der Waals surface area contributed by atoms with Crippen LogP contribution in [0, 0.1) is 0 Å². The maximum absolute atomic E-state index is 12.8. The molecule has 0 aliphatic heterocycles. The molecular weight excluding hydrogens is 468 g/mol. The maximum atomic E-state index is 12.8. The smallest absolute Gasteiger partial charge is 0.340 e. The Kier molecular flexibility index (Phi) is 7.51. The van der Waals surface area contributed by atoms with Crippen LogP contribution in [-0.2, 0) is 22.6 Å². The van der Waals surface area contributed by atoms with Crippen molar-refractivity contribution in [3.8, 4) is 5.75 Å². The summed E-state index contributed by atoms with van der Waals surface area (Å²) in [4.78, 5) is 42.6. The highest BCUT2D eigenvalue weighted by Crippen LogP contribution is 2.19. The van der Waals surface area contributed by atoms with Crippen molar-refractivity contribution < 1.29 is 19.1 Å². The van der Waals surface area contributed by atoms with Crippen LogP contribution < -0.4 is 15.6 Å². The van der Waals surface area contributed by atoms with Crippen molar-refractivity contribution in [3.63, 3.8) is 0 Å². The van der Waals surface area contributed by atoms with E-state index in [1.54, 1.807) is 43.3 Å². The van der Waals surface area contributed by atoms with E-state index in [0.29, 0.717) is 22.1 Å². The average Bonchev–Trinajstić information content (AvgIpc) is 3.27. The minimum absolute atomic E-state index is 0.175.